The molecule has 112 valence electrons. The van der Waals surface area contributed by atoms with Gasteiger partial charge in [0.05, 0.1) is 6.10 Å². The molecule has 1 aliphatic rings. The summed E-state index contributed by atoms with van der Waals surface area (Å²) >= 11 is 0. The number of hydrogen-bond acceptors (Lipinski definition) is 4. The summed E-state index contributed by atoms with van der Waals surface area (Å²) in [5.74, 6) is 1.43. The van der Waals surface area contributed by atoms with E-state index in [-0.39, 0.29) is 6.10 Å². The van der Waals surface area contributed by atoms with Gasteiger partial charge in [-0.3, -0.25) is 0 Å². The SMILES string of the molecule is CC(C)Oc1cccc(OCC2CCCCN2C)c1N. The maximum Gasteiger partial charge on any atom is 0.146 e. The van der Waals surface area contributed by atoms with Gasteiger partial charge < -0.3 is 20.1 Å². The molecule has 0 saturated carbocycles. The van der Waals surface area contributed by atoms with Gasteiger partial charge in [0, 0.05) is 6.04 Å². The Kier molecular flexibility index (Phi) is 5.12. The summed E-state index contributed by atoms with van der Waals surface area (Å²) in [7, 11) is 2.16. The van der Waals surface area contributed by atoms with Crippen LogP contribution < -0.4 is 15.2 Å². The number of likely N-dealkylation sites (N-methyl/N-ethyl adjacent to an activating group) is 1. The van der Waals surface area contributed by atoms with Crippen LogP contribution in [0.25, 0.3) is 0 Å². The largest absolute Gasteiger partial charge is 0.490 e. The molecular weight excluding hydrogens is 252 g/mol. The van der Waals surface area contributed by atoms with E-state index in [0.29, 0.717) is 24.1 Å². The van der Waals surface area contributed by atoms with Gasteiger partial charge in [-0.15, -0.1) is 0 Å². The molecular formula is C16H26N2O2. The highest BCUT2D eigenvalue weighted by molar-refractivity contribution is 5.62. The predicted octanol–water partition coefficient (Wildman–Crippen LogP) is 2.92. The highest BCUT2D eigenvalue weighted by Crippen LogP contribution is 2.32. The maximum absolute atomic E-state index is 6.12. The molecule has 0 radical (unpaired) electrons. The first-order chi connectivity index (χ1) is 9.58. The van der Waals surface area contributed by atoms with Crippen molar-refractivity contribution in [2.45, 2.75) is 45.3 Å². The summed E-state index contributed by atoms with van der Waals surface area (Å²) in [6, 6.07) is 6.20. The average Bonchev–Trinajstić information content (AvgIpc) is 2.41. The van der Waals surface area contributed by atoms with Crippen LogP contribution in [0, 0.1) is 0 Å². The Morgan fingerprint density at radius 2 is 2.05 bits per heavy atom. The molecule has 1 aromatic rings. The molecule has 1 aliphatic heterocycles. The van der Waals surface area contributed by atoms with Gasteiger partial charge in [-0.25, -0.2) is 0 Å². The third-order valence-electron chi connectivity index (χ3n) is 3.74. The fraction of sp³-hybridized carbons (Fsp3) is 0.625. The minimum absolute atomic E-state index is 0.108. The third-order valence-corrected chi connectivity index (χ3v) is 3.74. The van der Waals surface area contributed by atoms with Gasteiger partial charge in [0.25, 0.3) is 0 Å². The number of ether oxygens (including phenoxy) is 2. The molecule has 1 fully saturated rings. The van der Waals surface area contributed by atoms with Crippen LogP contribution in [-0.2, 0) is 0 Å². The Bertz CT molecular complexity index is 434. The smallest absolute Gasteiger partial charge is 0.146 e. The second kappa shape index (κ2) is 6.84. The molecule has 0 bridgehead atoms. The van der Waals surface area contributed by atoms with Gasteiger partial charge >= 0.3 is 0 Å². The molecule has 1 heterocycles. The monoisotopic (exact) mass is 278 g/mol. The highest BCUT2D eigenvalue weighted by Gasteiger charge is 2.20. The van der Waals surface area contributed by atoms with Crippen molar-refractivity contribution in [3.63, 3.8) is 0 Å². The van der Waals surface area contributed by atoms with Crippen molar-refractivity contribution in [2.24, 2.45) is 0 Å². The summed E-state index contributed by atoms with van der Waals surface area (Å²) in [4.78, 5) is 2.37. The quantitative estimate of drug-likeness (QED) is 0.841. The summed E-state index contributed by atoms with van der Waals surface area (Å²) in [5.41, 5.74) is 6.72. The second-order valence-electron chi connectivity index (χ2n) is 5.78. The minimum atomic E-state index is 0.108. The lowest BCUT2D eigenvalue weighted by atomic mass is 10.0. The summed E-state index contributed by atoms with van der Waals surface area (Å²) in [6.07, 6.45) is 3.87. The lowest BCUT2D eigenvalue weighted by Gasteiger charge is -2.32. The zero-order valence-electron chi connectivity index (χ0n) is 12.8. The Morgan fingerprint density at radius 1 is 1.30 bits per heavy atom. The Balaban J connectivity index is 1.98. The number of rotatable bonds is 5. The third kappa shape index (κ3) is 3.79. The van der Waals surface area contributed by atoms with Crippen molar-refractivity contribution < 1.29 is 9.47 Å². The fourth-order valence-corrected chi connectivity index (χ4v) is 2.55. The number of nitrogens with zero attached hydrogens (tertiary/aromatic N) is 1. The number of para-hydroxylation sites is 1. The summed E-state index contributed by atoms with van der Waals surface area (Å²) < 4.78 is 11.6. The second-order valence-corrected chi connectivity index (χ2v) is 5.78. The van der Waals surface area contributed by atoms with Crippen LogP contribution in [0.3, 0.4) is 0 Å². The average molecular weight is 278 g/mol. The zero-order valence-corrected chi connectivity index (χ0v) is 12.8. The summed E-state index contributed by atoms with van der Waals surface area (Å²) in [6.45, 7) is 5.82. The van der Waals surface area contributed by atoms with Gasteiger partial charge in [-0.2, -0.15) is 0 Å². The van der Waals surface area contributed by atoms with E-state index in [9.17, 15) is 0 Å². The molecule has 1 aromatic carbocycles. The van der Waals surface area contributed by atoms with Crippen LogP contribution in [0.1, 0.15) is 33.1 Å². The van der Waals surface area contributed by atoms with Crippen LogP contribution in [-0.4, -0.2) is 37.2 Å². The van der Waals surface area contributed by atoms with Crippen molar-refractivity contribution in [1.29, 1.82) is 0 Å². The Hall–Kier alpha value is -1.42. The van der Waals surface area contributed by atoms with Crippen molar-refractivity contribution in [1.82, 2.24) is 4.90 Å². The van der Waals surface area contributed by atoms with E-state index in [1.54, 1.807) is 0 Å². The number of likely N-dealkylation sites (tertiary alicyclic amines) is 1. The number of hydrogen-bond donors (Lipinski definition) is 1. The number of anilines is 1. The van der Waals surface area contributed by atoms with E-state index in [1.165, 1.54) is 19.3 Å². The first-order valence-corrected chi connectivity index (χ1v) is 7.46. The fourth-order valence-electron chi connectivity index (χ4n) is 2.55. The summed E-state index contributed by atoms with van der Waals surface area (Å²) in [5, 5.41) is 0. The lowest BCUT2D eigenvalue weighted by molar-refractivity contribution is 0.125. The minimum Gasteiger partial charge on any atom is -0.490 e. The molecule has 1 atom stereocenters. The number of nitrogen functional groups attached to an aromatic ring is 1. The number of piperidine rings is 1. The van der Waals surface area contributed by atoms with Crippen molar-refractivity contribution in [2.75, 3.05) is 25.9 Å². The van der Waals surface area contributed by atoms with E-state index in [0.717, 1.165) is 12.3 Å². The molecule has 20 heavy (non-hydrogen) atoms. The molecule has 4 nitrogen and oxygen atoms in total. The first-order valence-electron chi connectivity index (χ1n) is 7.46. The number of nitrogens with two attached hydrogens (primary N) is 1. The van der Waals surface area contributed by atoms with Gasteiger partial charge in [-0.1, -0.05) is 12.5 Å². The van der Waals surface area contributed by atoms with Gasteiger partial charge in [0.15, 0.2) is 0 Å². The molecule has 0 aliphatic carbocycles. The molecule has 4 heteroatoms. The van der Waals surface area contributed by atoms with Crippen LogP contribution in [0.4, 0.5) is 5.69 Å². The van der Waals surface area contributed by atoms with E-state index in [2.05, 4.69) is 11.9 Å². The maximum atomic E-state index is 6.12. The zero-order chi connectivity index (χ0) is 14.5. The van der Waals surface area contributed by atoms with E-state index in [4.69, 9.17) is 15.2 Å². The van der Waals surface area contributed by atoms with Crippen LogP contribution in [0.5, 0.6) is 11.5 Å². The van der Waals surface area contributed by atoms with Crippen molar-refractivity contribution in [3.8, 4) is 11.5 Å². The molecule has 2 N–H and O–H groups in total. The molecule has 1 saturated heterocycles. The van der Waals surface area contributed by atoms with Crippen LogP contribution in [0.15, 0.2) is 18.2 Å². The van der Waals surface area contributed by atoms with Gasteiger partial charge in [0.1, 0.15) is 23.8 Å². The normalized spacial score (nSPS) is 20.1. The van der Waals surface area contributed by atoms with Crippen LogP contribution in [0.2, 0.25) is 0 Å². The number of benzene rings is 1. The molecule has 2 rings (SSSR count). The van der Waals surface area contributed by atoms with Crippen molar-refractivity contribution in [3.05, 3.63) is 18.2 Å². The Labute approximate surface area is 121 Å². The van der Waals surface area contributed by atoms with Crippen LogP contribution >= 0.6 is 0 Å². The highest BCUT2D eigenvalue weighted by atomic mass is 16.5. The molecule has 0 aromatic heterocycles. The van der Waals surface area contributed by atoms with E-state index in [1.807, 2.05) is 32.0 Å². The molecule has 0 amide bonds. The topological polar surface area (TPSA) is 47.7 Å². The molecule has 0 spiro atoms. The van der Waals surface area contributed by atoms with E-state index < -0.39 is 0 Å². The lowest BCUT2D eigenvalue weighted by Crippen LogP contribution is -2.40. The van der Waals surface area contributed by atoms with Gasteiger partial charge in [0.2, 0.25) is 0 Å². The predicted molar refractivity (Wildman–Crippen MR) is 82.4 cm³/mol. The Morgan fingerprint density at radius 3 is 2.75 bits per heavy atom. The standard InChI is InChI=1S/C16H26N2O2/c1-12(2)20-15-9-6-8-14(16(15)17)19-11-13-7-4-5-10-18(13)3/h6,8-9,12-13H,4-5,7,10-11,17H2,1-3H3. The molecule has 1 unspecified atom stereocenters. The van der Waals surface area contributed by atoms with Gasteiger partial charge in [-0.05, 0) is 52.4 Å². The van der Waals surface area contributed by atoms with Crippen molar-refractivity contribution >= 4 is 5.69 Å². The first kappa shape index (κ1) is 15.0. The van der Waals surface area contributed by atoms with E-state index >= 15 is 0 Å².